The first-order chi connectivity index (χ1) is 20.3. The minimum absolute atomic E-state index is 0.0388. The highest BCUT2D eigenvalue weighted by Crippen LogP contribution is 2.42. The Hall–Kier alpha value is -3.24. The first kappa shape index (κ1) is 31.7. The number of nitrogens with one attached hydrogen (secondary N) is 2. The van der Waals surface area contributed by atoms with Crippen molar-refractivity contribution in [3.05, 3.63) is 81.8 Å². The lowest BCUT2D eigenvalue weighted by atomic mass is 9.98. The van der Waals surface area contributed by atoms with Gasteiger partial charge in [-0.25, -0.2) is 9.97 Å². The smallest absolute Gasteiger partial charge is 0.218 e. The van der Waals surface area contributed by atoms with Gasteiger partial charge in [-0.2, -0.15) is 0 Å². The second kappa shape index (κ2) is 14.8. The highest BCUT2D eigenvalue weighted by atomic mass is 35.5. The van der Waals surface area contributed by atoms with Crippen LogP contribution in [0.1, 0.15) is 25.0 Å². The molecule has 0 aliphatic heterocycles. The average molecular weight is 612 g/mol. The summed E-state index contributed by atoms with van der Waals surface area (Å²) in [4.78, 5) is 9.44. The van der Waals surface area contributed by atoms with Crippen molar-refractivity contribution in [3.63, 3.8) is 0 Å². The van der Waals surface area contributed by atoms with E-state index in [1.165, 1.54) is 0 Å². The van der Waals surface area contributed by atoms with Gasteiger partial charge in [-0.15, -0.1) is 0 Å². The van der Waals surface area contributed by atoms with Crippen LogP contribution in [0, 0.1) is 0 Å². The van der Waals surface area contributed by atoms with E-state index in [0.29, 0.717) is 46.3 Å². The summed E-state index contributed by atoms with van der Waals surface area (Å²) in [7, 11) is 3.16. The van der Waals surface area contributed by atoms with Crippen LogP contribution in [-0.2, 0) is 13.1 Å². The Balaban J connectivity index is 1.68. The summed E-state index contributed by atoms with van der Waals surface area (Å²) in [5.41, 5.74) is 6.07. The third-order valence-corrected chi connectivity index (χ3v) is 7.75. The van der Waals surface area contributed by atoms with Crippen LogP contribution >= 0.6 is 23.2 Å². The van der Waals surface area contributed by atoms with Crippen molar-refractivity contribution in [2.45, 2.75) is 39.0 Å². The third kappa shape index (κ3) is 7.21. The molecule has 42 heavy (non-hydrogen) atoms. The zero-order valence-electron chi connectivity index (χ0n) is 24.1. The fourth-order valence-corrected chi connectivity index (χ4v) is 5.08. The molecule has 10 heteroatoms. The topological polar surface area (TPSA) is 109 Å². The molecule has 2 heterocycles. The van der Waals surface area contributed by atoms with Gasteiger partial charge in [0.1, 0.15) is 0 Å². The zero-order valence-corrected chi connectivity index (χ0v) is 25.6. The molecule has 2 atom stereocenters. The molecule has 0 fully saturated rings. The molecule has 222 valence electrons. The number of methoxy groups -OCH3 is 2. The third-order valence-electron chi connectivity index (χ3n) is 6.93. The standard InChI is InChI=1S/C32H36Cl2N4O4/c1-19(17-39)35-15-21-11-13-27(37-31(21)41-3)25-9-5-7-23(29(25)33)24-8-6-10-26(30(24)34)28-14-12-22(32(38-28)42-4)16-36-20(2)18-40/h5-14,19-20,35-36,39-40H,15-18H2,1-4H3/t19-,20-/m0/s1. The van der Waals surface area contributed by atoms with Crippen LogP contribution in [0.3, 0.4) is 0 Å². The monoisotopic (exact) mass is 610 g/mol. The average Bonchev–Trinajstić information content (AvgIpc) is 3.02. The fourth-order valence-electron chi connectivity index (χ4n) is 4.43. The van der Waals surface area contributed by atoms with Gasteiger partial charge in [0.25, 0.3) is 0 Å². The minimum Gasteiger partial charge on any atom is -0.481 e. The number of benzene rings is 2. The van der Waals surface area contributed by atoms with Gasteiger partial charge >= 0.3 is 0 Å². The van der Waals surface area contributed by atoms with Crippen LogP contribution in [0.4, 0.5) is 0 Å². The molecule has 0 saturated carbocycles. The fraction of sp³-hybridized carbons (Fsp3) is 0.312. The Morgan fingerprint density at radius 2 is 1.02 bits per heavy atom. The van der Waals surface area contributed by atoms with E-state index in [1.807, 2.05) is 74.5 Å². The van der Waals surface area contributed by atoms with Crippen molar-refractivity contribution >= 4 is 23.2 Å². The number of rotatable bonds is 13. The molecule has 0 unspecified atom stereocenters. The normalized spacial score (nSPS) is 12.7. The van der Waals surface area contributed by atoms with Gasteiger partial charge in [-0.1, -0.05) is 71.7 Å². The maximum Gasteiger partial charge on any atom is 0.218 e. The summed E-state index contributed by atoms with van der Waals surface area (Å²) >= 11 is 14.0. The molecule has 4 rings (SSSR count). The van der Waals surface area contributed by atoms with Crippen molar-refractivity contribution in [1.82, 2.24) is 20.6 Å². The van der Waals surface area contributed by atoms with Crippen LogP contribution in [0.25, 0.3) is 33.6 Å². The van der Waals surface area contributed by atoms with E-state index in [9.17, 15) is 10.2 Å². The van der Waals surface area contributed by atoms with E-state index >= 15 is 0 Å². The molecule has 0 aliphatic rings. The van der Waals surface area contributed by atoms with Crippen molar-refractivity contribution < 1.29 is 19.7 Å². The summed E-state index contributed by atoms with van der Waals surface area (Å²) in [6, 6.07) is 19.1. The summed E-state index contributed by atoms with van der Waals surface area (Å²) in [5, 5.41) is 26.1. The molecule has 4 aromatic rings. The first-order valence-corrected chi connectivity index (χ1v) is 14.4. The molecular formula is C32H36Cl2N4O4. The van der Waals surface area contributed by atoms with E-state index in [0.717, 1.165) is 33.4 Å². The Labute approximate surface area is 256 Å². The quantitative estimate of drug-likeness (QED) is 0.152. The number of ether oxygens (including phenoxy) is 2. The van der Waals surface area contributed by atoms with Crippen LogP contribution < -0.4 is 20.1 Å². The largest absolute Gasteiger partial charge is 0.481 e. The van der Waals surface area contributed by atoms with Gasteiger partial charge in [0.05, 0.1) is 48.9 Å². The molecule has 2 aromatic carbocycles. The lowest BCUT2D eigenvalue weighted by Crippen LogP contribution is -2.28. The molecule has 8 nitrogen and oxygen atoms in total. The number of pyridine rings is 2. The molecule has 0 saturated heterocycles. The van der Waals surface area contributed by atoms with Crippen molar-refractivity contribution in [2.24, 2.45) is 0 Å². The van der Waals surface area contributed by atoms with E-state index in [2.05, 4.69) is 10.6 Å². The second-order valence-corrected chi connectivity index (χ2v) is 10.7. The molecule has 0 amide bonds. The van der Waals surface area contributed by atoms with Gasteiger partial charge in [-0.05, 0) is 26.0 Å². The molecule has 4 N–H and O–H groups in total. The summed E-state index contributed by atoms with van der Waals surface area (Å²) in [5.74, 6) is 0.965. The Bertz CT molecular complexity index is 1410. The van der Waals surface area contributed by atoms with Crippen molar-refractivity contribution in [1.29, 1.82) is 0 Å². The van der Waals surface area contributed by atoms with E-state index < -0.39 is 0 Å². The molecule has 0 radical (unpaired) electrons. The highest BCUT2D eigenvalue weighted by molar-refractivity contribution is 6.39. The van der Waals surface area contributed by atoms with Crippen LogP contribution in [-0.4, -0.2) is 59.7 Å². The molecular weight excluding hydrogens is 575 g/mol. The number of halogens is 2. The van der Waals surface area contributed by atoms with Gasteiger partial charge in [-0.3, -0.25) is 0 Å². The van der Waals surface area contributed by atoms with E-state index in [4.69, 9.17) is 42.6 Å². The van der Waals surface area contributed by atoms with Gasteiger partial charge < -0.3 is 30.3 Å². The maximum absolute atomic E-state index is 9.31. The first-order valence-electron chi connectivity index (χ1n) is 13.7. The number of aliphatic hydroxyl groups is 2. The number of aliphatic hydroxyl groups excluding tert-OH is 2. The molecule has 0 bridgehead atoms. The number of aromatic nitrogens is 2. The van der Waals surface area contributed by atoms with Crippen molar-refractivity contribution in [3.8, 4) is 45.4 Å². The zero-order chi connectivity index (χ0) is 30.2. The van der Waals surface area contributed by atoms with Crippen LogP contribution in [0.5, 0.6) is 11.8 Å². The number of hydrogen-bond donors (Lipinski definition) is 4. The number of nitrogens with zero attached hydrogens (tertiary/aromatic N) is 2. The predicted octanol–water partition coefficient (Wildman–Crippen LogP) is 5.74. The van der Waals surface area contributed by atoms with Gasteiger partial charge in [0, 0.05) is 58.6 Å². The predicted molar refractivity (Wildman–Crippen MR) is 168 cm³/mol. The molecule has 0 spiro atoms. The SMILES string of the molecule is COc1nc(-c2cccc(-c3cccc(-c4ccc(CN[C@@H](C)CO)c(OC)n4)c3Cl)c2Cl)ccc1CN[C@@H](C)CO. The lowest BCUT2D eigenvalue weighted by Gasteiger charge is -2.16. The van der Waals surface area contributed by atoms with Crippen molar-refractivity contribution in [2.75, 3.05) is 27.4 Å². The van der Waals surface area contributed by atoms with Gasteiger partial charge in [0.2, 0.25) is 11.8 Å². The van der Waals surface area contributed by atoms with E-state index in [1.54, 1.807) is 14.2 Å². The lowest BCUT2D eigenvalue weighted by molar-refractivity contribution is 0.250. The Morgan fingerprint density at radius 3 is 1.38 bits per heavy atom. The van der Waals surface area contributed by atoms with E-state index in [-0.39, 0.29) is 25.3 Å². The summed E-state index contributed by atoms with van der Waals surface area (Å²) < 4.78 is 11.1. The highest BCUT2D eigenvalue weighted by Gasteiger charge is 2.18. The van der Waals surface area contributed by atoms with Crippen LogP contribution in [0.2, 0.25) is 10.0 Å². The Morgan fingerprint density at radius 1 is 0.643 bits per heavy atom. The maximum atomic E-state index is 9.31. The van der Waals surface area contributed by atoms with Gasteiger partial charge in [0.15, 0.2) is 0 Å². The minimum atomic E-state index is -0.0482. The van der Waals surface area contributed by atoms with Crippen LogP contribution in [0.15, 0.2) is 60.7 Å². The Kier molecular flexibility index (Phi) is 11.2. The number of hydrogen-bond acceptors (Lipinski definition) is 8. The summed E-state index contributed by atoms with van der Waals surface area (Å²) in [6.07, 6.45) is 0. The summed E-state index contributed by atoms with van der Waals surface area (Å²) in [6.45, 7) is 4.90. The second-order valence-electron chi connectivity index (χ2n) is 9.99. The molecule has 2 aromatic heterocycles. The molecule has 0 aliphatic carbocycles.